The molecule has 1 N–H and O–H groups in total. The minimum atomic E-state index is -1.07. The van der Waals surface area contributed by atoms with E-state index in [-0.39, 0.29) is 12.2 Å². The van der Waals surface area contributed by atoms with Gasteiger partial charge in [0.15, 0.2) is 17.5 Å². The number of carboxylic acids is 1. The van der Waals surface area contributed by atoms with Crippen molar-refractivity contribution in [3.63, 3.8) is 0 Å². The molecule has 2 aliphatic rings. The van der Waals surface area contributed by atoms with Gasteiger partial charge in [-0.2, -0.15) is 0 Å². The van der Waals surface area contributed by atoms with Crippen LogP contribution in [0.1, 0.15) is 42.5 Å². The van der Waals surface area contributed by atoms with E-state index in [1.54, 1.807) is 0 Å². The first-order valence-electron chi connectivity index (χ1n) is 8.98. The highest BCUT2D eigenvalue weighted by atomic mass is 16.5. The first kappa shape index (κ1) is 19.3. The molecule has 1 heterocycles. The van der Waals surface area contributed by atoms with E-state index in [9.17, 15) is 14.7 Å². The lowest BCUT2D eigenvalue weighted by Gasteiger charge is -2.41. The Kier molecular flexibility index (Phi) is 5.46. The summed E-state index contributed by atoms with van der Waals surface area (Å²) in [4.78, 5) is 26.6. The van der Waals surface area contributed by atoms with Crippen molar-refractivity contribution in [2.45, 2.75) is 43.9 Å². The number of ether oxygens (including phenoxy) is 4. The molecule has 8 heteroatoms. The largest absolute Gasteiger partial charge is 0.493 e. The first-order valence-corrected chi connectivity index (χ1v) is 8.98. The molecule has 1 aliphatic carbocycles. The third kappa shape index (κ3) is 3.29. The SMILES string of the molecule is COc1cc(C(=O)N2C(C(=O)O)COC23CCCCC3)cc(OC)c1OC. The molecule has 1 saturated carbocycles. The zero-order chi connectivity index (χ0) is 19.6. The Labute approximate surface area is 157 Å². The molecule has 1 spiro atoms. The molecule has 1 aliphatic heterocycles. The van der Waals surface area contributed by atoms with Crippen LogP contribution in [0.5, 0.6) is 17.2 Å². The Bertz CT molecular complexity index is 702. The van der Waals surface area contributed by atoms with E-state index in [0.717, 1.165) is 19.3 Å². The predicted octanol–water partition coefficient (Wildman–Crippen LogP) is 2.30. The second kappa shape index (κ2) is 7.64. The lowest BCUT2D eigenvalue weighted by molar-refractivity contribution is -0.143. The Morgan fingerprint density at radius 2 is 1.67 bits per heavy atom. The van der Waals surface area contributed by atoms with Crippen molar-refractivity contribution in [3.05, 3.63) is 17.7 Å². The summed E-state index contributed by atoms with van der Waals surface area (Å²) < 4.78 is 21.8. The molecule has 1 aromatic rings. The molecule has 2 fully saturated rings. The Morgan fingerprint density at radius 1 is 1.07 bits per heavy atom. The molecule has 8 nitrogen and oxygen atoms in total. The highest BCUT2D eigenvalue weighted by Crippen LogP contribution is 2.43. The van der Waals surface area contributed by atoms with Gasteiger partial charge in [-0.1, -0.05) is 6.42 Å². The molecule has 1 aromatic carbocycles. The van der Waals surface area contributed by atoms with E-state index in [1.165, 1.54) is 38.4 Å². The number of benzene rings is 1. The van der Waals surface area contributed by atoms with Crippen LogP contribution in [0.15, 0.2) is 12.1 Å². The molecule has 1 saturated heterocycles. The van der Waals surface area contributed by atoms with Crippen molar-refractivity contribution in [1.29, 1.82) is 0 Å². The van der Waals surface area contributed by atoms with Gasteiger partial charge in [-0.15, -0.1) is 0 Å². The molecule has 0 bridgehead atoms. The van der Waals surface area contributed by atoms with Crippen molar-refractivity contribution >= 4 is 11.9 Å². The van der Waals surface area contributed by atoms with Gasteiger partial charge in [0.1, 0.15) is 5.72 Å². The predicted molar refractivity (Wildman–Crippen MR) is 95.5 cm³/mol. The Balaban J connectivity index is 2.04. The van der Waals surface area contributed by atoms with Gasteiger partial charge in [-0.05, 0) is 37.8 Å². The molecule has 3 rings (SSSR count). The van der Waals surface area contributed by atoms with Crippen molar-refractivity contribution in [2.24, 2.45) is 0 Å². The summed E-state index contributed by atoms with van der Waals surface area (Å²) in [5.74, 6) is -0.439. The Hall–Kier alpha value is -2.48. The van der Waals surface area contributed by atoms with Crippen LogP contribution in [-0.2, 0) is 9.53 Å². The molecule has 1 unspecified atom stereocenters. The van der Waals surface area contributed by atoms with Crippen LogP contribution < -0.4 is 14.2 Å². The summed E-state index contributed by atoms with van der Waals surface area (Å²) >= 11 is 0. The zero-order valence-corrected chi connectivity index (χ0v) is 15.8. The number of carbonyl (C=O) groups excluding carboxylic acids is 1. The molecule has 27 heavy (non-hydrogen) atoms. The number of rotatable bonds is 5. The van der Waals surface area contributed by atoms with E-state index in [4.69, 9.17) is 18.9 Å². The molecule has 0 radical (unpaired) electrons. The second-order valence-corrected chi connectivity index (χ2v) is 6.76. The third-order valence-electron chi connectivity index (χ3n) is 5.31. The number of methoxy groups -OCH3 is 3. The zero-order valence-electron chi connectivity index (χ0n) is 15.8. The highest BCUT2D eigenvalue weighted by molar-refractivity contribution is 5.98. The molecule has 1 atom stereocenters. The van der Waals surface area contributed by atoms with Crippen LogP contribution in [0.4, 0.5) is 0 Å². The van der Waals surface area contributed by atoms with Gasteiger partial charge < -0.3 is 24.1 Å². The third-order valence-corrected chi connectivity index (χ3v) is 5.31. The summed E-state index contributed by atoms with van der Waals surface area (Å²) in [5, 5.41) is 9.63. The van der Waals surface area contributed by atoms with Crippen LogP contribution in [0.3, 0.4) is 0 Å². The minimum Gasteiger partial charge on any atom is -0.493 e. The van der Waals surface area contributed by atoms with Crippen LogP contribution in [0.25, 0.3) is 0 Å². The van der Waals surface area contributed by atoms with Crippen molar-refractivity contribution < 1.29 is 33.6 Å². The van der Waals surface area contributed by atoms with Gasteiger partial charge in [-0.3, -0.25) is 9.69 Å². The first-order chi connectivity index (χ1) is 13.0. The van der Waals surface area contributed by atoms with Gasteiger partial charge in [0.25, 0.3) is 5.91 Å². The maximum absolute atomic E-state index is 13.4. The molecular formula is C19H25NO7. The molecule has 1 amide bonds. The fourth-order valence-electron chi connectivity index (χ4n) is 4.00. The van der Waals surface area contributed by atoms with Crippen LogP contribution in [-0.4, -0.2) is 61.6 Å². The van der Waals surface area contributed by atoms with Crippen LogP contribution in [0.2, 0.25) is 0 Å². The van der Waals surface area contributed by atoms with Crippen LogP contribution >= 0.6 is 0 Å². The Morgan fingerprint density at radius 3 is 2.15 bits per heavy atom. The fourth-order valence-corrected chi connectivity index (χ4v) is 4.00. The molecule has 0 aromatic heterocycles. The summed E-state index contributed by atoms with van der Waals surface area (Å²) in [6.45, 7) is -0.00843. The topological polar surface area (TPSA) is 94.5 Å². The quantitative estimate of drug-likeness (QED) is 0.839. The number of hydrogen-bond donors (Lipinski definition) is 1. The van der Waals surface area contributed by atoms with Gasteiger partial charge in [-0.25, -0.2) is 4.79 Å². The normalized spacial score (nSPS) is 21.1. The standard InChI is InChI=1S/C19H25NO7/c1-24-14-9-12(10-15(25-2)16(14)26-3)17(21)20-13(18(22)23)11-27-19(20)7-5-4-6-8-19/h9-10,13H,4-8,11H2,1-3H3,(H,22,23). The maximum Gasteiger partial charge on any atom is 0.328 e. The number of aliphatic carboxylic acids is 1. The second-order valence-electron chi connectivity index (χ2n) is 6.76. The monoisotopic (exact) mass is 379 g/mol. The minimum absolute atomic E-state index is 0.00843. The average molecular weight is 379 g/mol. The summed E-state index contributed by atoms with van der Waals surface area (Å²) in [6, 6.07) is 2.06. The van der Waals surface area contributed by atoms with E-state index >= 15 is 0 Å². The number of nitrogens with zero attached hydrogens (tertiary/aromatic N) is 1. The van der Waals surface area contributed by atoms with Crippen molar-refractivity contribution in [3.8, 4) is 17.2 Å². The van der Waals surface area contributed by atoms with E-state index in [1.807, 2.05) is 0 Å². The lowest BCUT2D eigenvalue weighted by atomic mass is 9.89. The fraction of sp³-hybridized carbons (Fsp3) is 0.579. The average Bonchev–Trinajstić information content (AvgIpc) is 3.05. The summed E-state index contributed by atoms with van der Waals surface area (Å²) in [6.07, 6.45) is 4.10. The number of amides is 1. The lowest BCUT2D eigenvalue weighted by Crippen LogP contribution is -2.54. The van der Waals surface area contributed by atoms with E-state index in [0.29, 0.717) is 30.1 Å². The van der Waals surface area contributed by atoms with Crippen molar-refractivity contribution in [2.75, 3.05) is 27.9 Å². The van der Waals surface area contributed by atoms with Crippen molar-refractivity contribution in [1.82, 2.24) is 4.90 Å². The summed E-state index contributed by atoms with van der Waals surface area (Å²) in [5.41, 5.74) is -0.593. The number of carbonyl (C=O) groups is 2. The highest BCUT2D eigenvalue weighted by Gasteiger charge is 2.53. The van der Waals surface area contributed by atoms with Gasteiger partial charge >= 0.3 is 5.97 Å². The van der Waals surface area contributed by atoms with Gasteiger partial charge in [0, 0.05) is 5.56 Å². The summed E-state index contributed by atoms with van der Waals surface area (Å²) in [7, 11) is 4.41. The number of hydrogen-bond acceptors (Lipinski definition) is 6. The van der Waals surface area contributed by atoms with E-state index < -0.39 is 23.6 Å². The van der Waals surface area contributed by atoms with E-state index in [2.05, 4.69) is 0 Å². The molecular weight excluding hydrogens is 354 g/mol. The number of carboxylic acid groups (broad SMARTS) is 1. The van der Waals surface area contributed by atoms with Gasteiger partial charge in [0.2, 0.25) is 5.75 Å². The molecule has 148 valence electrons. The smallest absolute Gasteiger partial charge is 0.328 e. The van der Waals surface area contributed by atoms with Crippen LogP contribution in [0, 0.1) is 0 Å². The maximum atomic E-state index is 13.4. The van der Waals surface area contributed by atoms with Gasteiger partial charge in [0.05, 0.1) is 27.9 Å².